The van der Waals surface area contributed by atoms with Crippen molar-refractivity contribution in [2.24, 2.45) is 10.7 Å². The maximum atomic E-state index is 6.05. The topological polar surface area (TPSA) is 72.3 Å². The van der Waals surface area contributed by atoms with E-state index in [0.717, 1.165) is 24.5 Å². The van der Waals surface area contributed by atoms with Crippen molar-refractivity contribution in [3.8, 4) is 5.82 Å². The van der Waals surface area contributed by atoms with Gasteiger partial charge in [0.25, 0.3) is 0 Å². The van der Waals surface area contributed by atoms with Crippen LogP contribution in [0.15, 0.2) is 42.0 Å². The average Bonchev–Trinajstić information content (AvgIpc) is 3.08. The van der Waals surface area contributed by atoms with E-state index in [9.17, 15) is 0 Å². The maximum absolute atomic E-state index is 6.05. The summed E-state index contributed by atoms with van der Waals surface area (Å²) in [4.78, 5) is 15.1. The number of aliphatic imine (C=N–C) groups is 1. The van der Waals surface area contributed by atoms with Crippen LogP contribution >= 0.6 is 0 Å². The molecule has 1 aliphatic heterocycles. The minimum absolute atomic E-state index is 0.569. The van der Waals surface area contributed by atoms with Crippen LogP contribution in [0.4, 0.5) is 0 Å². The minimum atomic E-state index is 0.569. The van der Waals surface area contributed by atoms with Crippen molar-refractivity contribution >= 4 is 5.96 Å². The largest absolute Gasteiger partial charge is 0.370 e. The standard InChI is InChI=1S/C15H20N6/c16-15(20-7-2-1-3-8-20)19-11-13-4-5-14(18-10-13)21-9-6-17-12-21/h4-6,9-10,12H,1-3,7-8,11H2,(H2,16,19). The minimum Gasteiger partial charge on any atom is -0.370 e. The number of likely N-dealkylation sites (tertiary alicyclic amines) is 1. The molecule has 1 aliphatic rings. The molecule has 6 nitrogen and oxygen atoms in total. The second kappa shape index (κ2) is 6.39. The second-order valence-electron chi connectivity index (χ2n) is 5.22. The molecule has 0 aliphatic carbocycles. The van der Waals surface area contributed by atoms with Crippen LogP contribution in [0.25, 0.3) is 5.82 Å². The number of guanidine groups is 1. The number of aromatic nitrogens is 3. The zero-order chi connectivity index (χ0) is 14.5. The van der Waals surface area contributed by atoms with Crippen molar-refractivity contribution in [1.29, 1.82) is 0 Å². The van der Waals surface area contributed by atoms with Crippen molar-refractivity contribution in [3.05, 3.63) is 42.6 Å². The third-order valence-corrected chi connectivity index (χ3v) is 3.68. The van der Waals surface area contributed by atoms with E-state index in [1.54, 1.807) is 12.5 Å². The lowest BCUT2D eigenvalue weighted by Gasteiger charge is -2.27. The number of nitrogens with zero attached hydrogens (tertiary/aromatic N) is 5. The number of pyridine rings is 1. The SMILES string of the molecule is NC(=NCc1ccc(-n2ccnc2)nc1)N1CCCCC1. The Morgan fingerprint density at radius 3 is 2.76 bits per heavy atom. The molecule has 0 bridgehead atoms. The molecule has 3 heterocycles. The lowest BCUT2D eigenvalue weighted by Crippen LogP contribution is -2.40. The van der Waals surface area contributed by atoms with Gasteiger partial charge >= 0.3 is 0 Å². The molecule has 3 rings (SSSR count). The van der Waals surface area contributed by atoms with E-state index in [1.165, 1.54) is 19.3 Å². The number of imidazole rings is 1. The molecule has 6 heteroatoms. The maximum Gasteiger partial charge on any atom is 0.191 e. The normalized spacial score (nSPS) is 16.2. The molecule has 0 amide bonds. The Kier molecular flexibility index (Phi) is 4.14. The summed E-state index contributed by atoms with van der Waals surface area (Å²) in [6.07, 6.45) is 10.9. The van der Waals surface area contributed by atoms with Crippen LogP contribution in [0, 0.1) is 0 Å². The summed E-state index contributed by atoms with van der Waals surface area (Å²) < 4.78 is 1.87. The Labute approximate surface area is 124 Å². The number of nitrogens with two attached hydrogens (primary N) is 1. The Bertz CT molecular complexity index is 581. The molecule has 2 aromatic heterocycles. The molecular formula is C15H20N6. The molecular weight excluding hydrogens is 264 g/mol. The van der Waals surface area contributed by atoms with E-state index in [2.05, 4.69) is 19.9 Å². The van der Waals surface area contributed by atoms with Crippen LogP contribution in [0.5, 0.6) is 0 Å². The lowest BCUT2D eigenvalue weighted by molar-refractivity contribution is 0.338. The Morgan fingerprint density at radius 1 is 1.24 bits per heavy atom. The van der Waals surface area contributed by atoms with Gasteiger partial charge in [-0.05, 0) is 30.9 Å². The summed E-state index contributed by atoms with van der Waals surface area (Å²) in [5.74, 6) is 1.50. The monoisotopic (exact) mass is 284 g/mol. The average molecular weight is 284 g/mol. The lowest BCUT2D eigenvalue weighted by atomic mass is 10.1. The first-order valence-electron chi connectivity index (χ1n) is 7.31. The highest BCUT2D eigenvalue weighted by molar-refractivity contribution is 5.78. The first-order chi connectivity index (χ1) is 10.3. The predicted octanol–water partition coefficient (Wildman–Crippen LogP) is 1.57. The van der Waals surface area contributed by atoms with Gasteiger partial charge in [0.1, 0.15) is 12.1 Å². The van der Waals surface area contributed by atoms with Gasteiger partial charge in [-0.2, -0.15) is 0 Å². The molecule has 2 aromatic rings. The number of hydrogen-bond acceptors (Lipinski definition) is 3. The summed E-state index contributed by atoms with van der Waals surface area (Å²) in [5.41, 5.74) is 7.10. The summed E-state index contributed by atoms with van der Waals surface area (Å²) in [5, 5.41) is 0. The highest BCUT2D eigenvalue weighted by atomic mass is 15.2. The van der Waals surface area contributed by atoms with Crippen LogP contribution in [0.3, 0.4) is 0 Å². The molecule has 0 atom stereocenters. The molecule has 0 spiro atoms. The third-order valence-electron chi connectivity index (χ3n) is 3.68. The molecule has 0 radical (unpaired) electrons. The van der Waals surface area contributed by atoms with Crippen molar-refractivity contribution in [3.63, 3.8) is 0 Å². The van der Waals surface area contributed by atoms with Crippen molar-refractivity contribution < 1.29 is 0 Å². The van der Waals surface area contributed by atoms with E-state index in [1.807, 2.05) is 29.1 Å². The van der Waals surface area contributed by atoms with Crippen LogP contribution in [-0.2, 0) is 6.54 Å². The smallest absolute Gasteiger partial charge is 0.191 e. The van der Waals surface area contributed by atoms with Gasteiger partial charge in [-0.3, -0.25) is 4.57 Å². The highest BCUT2D eigenvalue weighted by Gasteiger charge is 2.11. The van der Waals surface area contributed by atoms with E-state index in [-0.39, 0.29) is 0 Å². The zero-order valence-electron chi connectivity index (χ0n) is 12.0. The molecule has 21 heavy (non-hydrogen) atoms. The van der Waals surface area contributed by atoms with Gasteiger partial charge in [0.2, 0.25) is 0 Å². The first-order valence-corrected chi connectivity index (χ1v) is 7.31. The number of rotatable bonds is 3. The van der Waals surface area contributed by atoms with Crippen molar-refractivity contribution in [1.82, 2.24) is 19.4 Å². The third kappa shape index (κ3) is 3.39. The summed E-state index contributed by atoms with van der Waals surface area (Å²) in [6.45, 7) is 2.61. The Hall–Kier alpha value is -2.37. The molecule has 0 saturated carbocycles. The fourth-order valence-electron chi connectivity index (χ4n) is 2.45. The van der Waals surface area contributed by atoms with Crippen LogP contribution in [0.1, 0.15) is 24.8 Å². The molecule has 0 unspecified atom stereocenters. The zero-order valence-corrected chi connectivity index (χ0v) is 12.0. The fourth-order valence-corrected chi connectivity index (χ4v) is 2.45. The number of piperidine rings is 1. The summed E-state index contributed by atoms with van der Waals surface area (Å²) >= 11 is 0. The first kappa shape index (κ1) is 13.6. The Balaban J connectivity index is 1.62. The second-order valence-corrected chi connectivity index (χ2v) is 5.22. The molecule has 0 aromatic carbocycles. The van der Waals surface area contributed by atoms with E-state index in [0.29, 0.717) is 12.5 Å². The van der Waals surface area contributed by atoms with E-state index >= 15 is 0 Å². The van der Waals surface area contributed by atoms with Crippen molar-refractivity contribution in [2.75, 3.05) is 13.1 Å². The van der Waals surface area contributed by atoms with Gasteiger partial charge in [-0.15, -0.1) is 0 Å². The van der Waals surface area contributed by atoms with Crippen LogP contribution in [-0.4, -0.2) is 38.5 Å². The summed E-state index contributed by atoms with van der Waals surface area (Å²) in [7, 11) is 0. The predicted molar refractivity (Wildman–Crippen MR) is 82.1 cm³/mol. The van der Waals surface area contributed by atoms with E-state index < -0.39 is 0 Å². The van der Waals surface area contributed by atoms with Gasteiger partial charge in [0.15, 0.2) is 5.96 Å². The van der Waals surface area contributed by atoms with Gasteiger partial charge in [-0.25, -0.2) is 15.0 Å². The molecule has 1 saturated heterocycles. The summed E-state index contributed by atoms with van der Waals surface area (Å²) in [6, 6.07) is 3.99. The van der Waals surface area contributed by atoms with Crippen LogP contribution < -0.4 is 5.73 Å². The molecule has 110 valence electrons. The van der Waals surface area contributed by atoms with Gasteiger partial charge < -0.3 is 10.6 Å². The van der Waals surface area contributed by atoms with E-state index in [4.69, 9.17) is 5.73 Å². The van der Waals surface area contributed by atoms with Crippen molar-refractivity contribution in [2.45, 2.75) is 25.8 Å². The van der Waals surface area contributed by atoms with Gasteiger partial charge in [0.05, 0.1) is 6.54 Å². The quantitative estimate of drug-likeness (QED) is 0.686. The fraction of sp³-hybridized carbons (Fsp3) is 0.400. The van der Waals surface area contributed by atoms with Crippen LogP contribution in [0.2, 0.25) is 0 Å². The molecule has 2 N–H and O–H groups in total. The van der Waals surface area contributed by atoms with Gasteiger partial charge in [0, 0.05) is 31.7 Å². The van der Waals surface area contributed by atoms with Gasteiger partial charge in [-0.1, -0.05) is 6.07 Å². The number of hydrogen-bond donors (Lipinski definition) is 1. The Morgan fingerprint density at radius 2 is 2.10 bits per heavy atom. The molecule has 1 fully saturated rings. The highest BCUT2D eigenvalue weighted by Crippen LogP contribution is 2.09.